The van der Waals surface area contributed by atoms with Crippen molar-refractivity contribution < 1.29 is 18.9 Å². The summed E-state index contributed by atoms with van der Waals surface area (Å²) in [5, 5.41) is 0. The van der Waals surface area contributed by atoms with Crippen LogP contribution in [0.3, 0.4) is 0 Å². The van der Waals surface area contributed by atoms with Crippen LogP contribution in [0.2, 0.25) is 0 Å². The van der Waals surface area contributed by atoms with Crippen LogP contribution in [0.25, 0.3) is 11.1 Å². The van der Waals surface area contributed by atoms with Crippen LogP contribution in [0.4, 0.5) is 0 Å². The quantitative estimate of drug-likeness (QED) is 0.406. The van der Waals surface area contributed by atoms with E-state index in [0.717, 1.165) is 18.8 Å². The van der Waals surface area contributed by atoms with Gasteiger partial charge in [-0.15, -0.1) is 0 Å². The predicted molar refractivity (Wildman–Crippen MR) is 153 cm³/mol. The zero-order valence-corrected chi connectivity index (χ0v) is 24.8. The molecule has 5 rings (SSSR count). The smallest absolute Gasteiger partial charge is 0.184 e. The molecule has 2 aliphatic heterocycles. The molecule has 2 heterocycles. The van der Waals surface area contributed by atoms with Crippen LogP contribution in [-0.4, -0.2) is 31.7 Å². The fourth-order valence-electron chi connectivity index (χ4n) is 6.59. The molecule has 208 valence electrons. The van der Waals surface area contributed by atoms with Gasteiger partial charge in [0.1, 0.15) is 0 Å². The van der Waals surface area contributed by atoms with Gasteiger partial charge in [-0.1, -0.05) is 38.1 Å². The van der Waals surface area contributed by atoms with E-state index < -0.39 is 0 Å². The molecule has 0 radical (unpaired) electrons. The summed E-state index contributed by atoms with van der Waals surface area (Å²) in [5.41, 5.74) is 10.8. The van der Waals surface area contributed by atoms with Gasteiger partial charge in [-0.2, -0.15) is 0 Å². The lowest BCUT2D eigenvalue weighted by molar-refractivity contribution is -0.253. The van der Waals surface area contributed by atoms with Crippen molar-refractivity contribution in [2.45, 2.75) is 112 Å². The zero-order chi connectivity index (χ0) is 27.1. The van der Waals surface area contributed by atoms with Gasteiger partial charge in [0, 0.05) is 23.3 Å². The van der Waals surface area contributed by atoms with Crippen molar-refractivity contribution in [3.8, 4) is 11.1 Å². The number of benzene rings is 2. The van der Waals surface area contributed by atoms with Gasteiger partial charge in [0.05, 0.1) is 25.4 Å². The van der Waals surface area contributed by atoms with Gasteiger partial charge in [-0.3, -0.25) is 0 Å². The normalized spacial score (nSPS) is 34.3. The van der Waals surface area contributed by atoms with Gasteiger partial charge < -0.3 is 18.9 Å². The van der Waals surface area contributed by atoms with Crippen molar-refractivity contribution in [3.63, 3.8) is 0 Å². The number of ether oxygens (including phenoxy) is 4. The van der Waals surface area contributed by atoms with E-state index in [2.05, 4.69) is 79.7 Å². The molecule has 2 saturated heterocycles. The maximum atomic E-state index is 6.23. The minimum absolute atomic E-state index is 0.0161. The molecule has 2 aromatic rings. The van der Waals surface area contributed by atoms with Crippen LogP contribution in [0, 0.1) is 45.4 Å². The Hall–Kier alpha value is -1.72. The third-order valence-electron chi connectivity index (χ3n) is 10.1. The van der Waals surface area contributed by atoms with E-state index in [1.165, 1.54) is 64.6 Å². The summed E-state index contributed by atoms with van der Waals surface area (Å²) in [7, 11) is 0. The summed E-state index contributed by atoms with van der Waals surface area (Å²) >= 11 is 0. The monoisotopic (exact) mass is 520 g/mol. The lowest BCUT2D eigenvalue weighted by Gasteiger charge is -2.40. The van der Waals surface area contributed by atoms with E-state index in [4.69, 9.17) is 18.9 Å². The van der Waals surface area contributed by atoms with E-state index in [1.807, 2.05) is 0 Å². The first kappa shape index (κ1) is 27.8. The van der Waals surface area contributed by atoms with E-state index in [-0.39, 0.29) is 18.7 Å². The molecule has 1 saturated carbocycles. The average molecular weight is 521 g/mol. The van der Waals surface area contributed by atoms with Gasteiger partial charge in [-0.05, 0) is 112 Å². The largest absolute Gasteiger partial charge is 0.352 e. The highest BCUT2D eigenvalue weighted by molar-refractivity contribution is 5.74. The lowest BCUT2D eigenvalue weighted by atomic mass is 9.76. The van der Waals surface area contributed by atoms with Gasteiger partial charge >= 0.3 is 0 Å². The highest BCUT2D eigenvalue weighted by atomic mass is 16.7. The first-order chi connectivity index (χ1) is 18.2. The van der Waals surface area contributed by atoms with Crippen LogP contribution in [0.15, 0.2) is 24.3 Å². The summed E-state index contributed by atoms with van der Waals surface area (Å²) < 4.78 is 24.6. The topological polar surface area (TPSA) is 36.9 Å². The Morgan fingerprint density at radius 1 is 0.579 bits per heavy atom. The molecule has 0 bridgehead atoms. The molecular formula is C34H48O4. The summed E-state index contributed by atoms with van der Waals surface area (Å²) in [6, 6.07) is 9.25. The SMILES string of the molecule is Cc1c(-c2ccc(C3OCC(C)C(C)O3)c(C)c2C)ccc(C2CCC(C3OCC(C)C(C)O3)CC2)c1C. The Labute approximate surface area is 230 Å². The summed E-state index contributed by atoms with van der Waals surface area (Å²) in [5.74, 6) is 2.05. The molecule has 0 amide bonds. The Kier molecular flexibility index (Phi) is 8.36. The van der Waals surface area contributed by atoms with E-state index in [0.29, 0.717) is 29.8 Å². The maximum Gasteiger partial charge on any atom is 0.184 e. The first-order valence-electron chi connectivity index (χ1n) is 14.9. The Bertz CT molecular complexity index is 1130. The van der Waals surface area contributed by atoms with Gasteiger partial charge in [0.15, 0.2) is 12.6 Å². The molecule has 0 spiro atoms. The van der Waals surface area contributed by atoms with Crippen LogP contribution >= 0.6 is 0 Å². The highest BCUT2D eigenvalue weighted by Gasteiger charge is 2.35. The van der Waals surface area contributed by atoms with Crippen molar-refractivity contribution in [1.29, 1.82) is 0 Å². The summed E-state index contributed by atoms with van der Waals surface area (Å²) in [6.07, 6.45) is 4.99. The lowest BCUT2D eigenvalue weighted by Crippen LogP contribution is -2.41. The van der Waals surface area contributed by atoms with Crippen molar-refractivity contribution in [2.75, 3.05) is 13.2 Å². The van der Waals surface area contributed by atoms with E-state index in [9.17, 15) is 0 Å². The molecular weight excluding hydrogens is 472 g/mol. The highest BCUT2D eigenvalue weighted by Crippen LogP contribution is 2.43. The van der Waals surface area contributed by atoms with Crippen LogP contribution in [0.1, 0.15) is 99.0 Å². The Morgan fingerprint density at radius 3 is 1.68 bits per heavy atom. The van der Waals surface area contributed by atoms with Gasteiger partial charge in [0.25, 0.3) is 0 Å². The molecule has 6 atom stereocenters. The summed E-state index contributed by atoms with van der Waals surface area (Å²) in [6.45, 7) is 19.4. The maximum absolute atomic E-state index is 6.23. The van der Waals surface area contributed by atoms with Crippen molar-refractivity contribution in [2.24, 2.45) is 17.8 Å². The molecule has 6 unspecified atom stereocenters. The Balaban J connectivity index is 1.31. The number of rotatable bonds is 4. The van der Waals surface area contributed by atoms with Gasteiger partial charge in [0.2, 0.25) is 0 Å². The van der Waals surface area contributed by atoms with Crippen LogP contribution < -0.4 is 0 Å². The minimum Gasteiger partial charge on any atom is -0.352 e. The molecule has 1 aliphatic carbocycles. The molecule has 0 aromatic heterocycles. The fraction of sp³-hybridized carbons (Fsp3) is 0.647. The number of hydrogen-bond donors (Lipinski definition) is 0. The second kappa shape index (κ2) is 11.4. The molecule has 4 nitrogen and oxygen atoms in total. The summed E-state index contributed by atoms with van der Waals surface area (Å²) in [4.78, 5) is 0. The van der Waals surface area contributed by atoms with E-state index in [1.54, 1.807) is 0 Å². The van der Waals surface area contributed by atoms with Gasteiger partial charge in [-0.25, -0.2) is 0 Å². The molecule has 3 fully saturated rings. The molecule has 3 aliphatic rings. The van der Waals surface area contributed by atoms with Crippen LogP contribution in [0.5, 0.6) is 0 Å². The standard InChI is InChI=1S/C34H48O4/c1-19-17-35-33(37-25(19)7)28-11-9-27(10-12-28)29-13-14-30(22(4)21(29)3)31-15-16-32(24(6)23(31)5)34-36-18-20(2)26(8)38-34/h13-16,19-20,25-28,33-34H,9-12,17-18H2,1-8H3. The molecule has 38 heavy (non-hydrogen) atoms. The average Bonchev–Trinajstić information content (AvgIpc) is 2.91. The third-order valence-corrected chi connectivity index (χ3v) is 10.1. The van der Waals surface area contributed by atoms with Crippen molar-refractivity contribution in [1.82, 2.24) is 0 Å². The van der Waals surface area contributed by atoms with Crippen LogP contribution in [-0.2, 0) is 18.9 Å². The minimum atomic E-state index is -0.273. The van der Waals surface area contributed by atoms with Crippen molar-refractivity contribution in [3.05, 3.63) is 57.6 Å². The molecule has 0 N–H and O–H groups in total. The molecule has 4 heteroatoms. The fourth-order valence-corrected chi connectivity index (χ4v) is 6.59. The predicted octanol–water partition coefficient (Wildman–Crippen LogP) is 8.33. The second-order valence-electron chi connectivity index (χ2n) is 12.5. The second-order valence-corrected chi connectivity index (χ2v) is 12.5. The zero-order valence-electron chi connectivity index (χ0n) is 24.8. The molecule has 2 aromatic carbocycles. The van der Waals surface area contributed by atoms with Crippen molar-refractivity contribution >= 4 is 0 Å². The van der Waals surface area contributed by atoms with E-state index >= 15 is 0 Å². The third kappa shape index (κ3) is 5.35. The first-order valence-corrected chi connectivity index (χ1v) is 14.9. The number of hydrogen-bond acceptors (Lipinski definition) is 4. The Morgan fingerprint density at radius 2 is 1.11 bits per heavy atom.